The van der Waals surface area contributed by atoms with Crippen LogP contribution in [0, 0.1) is 17.7 Å². The number of nitrogens with one attached hydrogen (secondary N) is 2. The summed E-state index contributed by atoms with van der Waals surface area (Å²) in [5.41, 5.74) is 0.771. The van der Waals surface area contributed by atoms with E-state index in [-0.39, 0.29) is 54.8 Å². The number of hydrogen-bond donors (Lipinski definition) is 3. The zero-order valence-corrected chi connectivity index (χ0v) is 26.9. The van der Waals surface area contributed by atoms with Crippen LogP contribution in [0.5, 0.6) is 0 Å². The largest absolute Gasteiger partial charge is 0.460 e. The third-order valence-electron chi connectivity index (χ3n) is 8.00. The maximum Gasteiger partial charge on any atom is 0.309 e. The molecule has 2 aromatic heterocycles. The Balaban J connectivity index is 1.18. The van der Waals surface area contributed by atoms with Crippen LogP contribution in [0.3, 0.4) is 0 Å². The molecule has 2 fully saturated rings. The molecular weight excluding hydrogens is 617 g/mol. The van der Waals surface area contributed by atoms with Crippen molar-refractivity contribution in [3.63, 3.8) is 0 Å². The molecule has 1 amide bonds. The Bertz CT molecular complexity index is 1540. The van der Waals surface area contributed by atoms with Gasteiger partial charge >= 0.3 is 5.97 Å². The molecule has 1 aliphatic heterocycles. The summed E-state index contributed by atoms with van der Waals surface area (Å²) in [6.45, 7) is 7.24. The average Bonchev–Trinajstić information content (AvgIpc) is 2.98. The number of likely N-dealkylation sites (tertiary alicyclic amines) is 1. The summed E-state index contributed by atoms with van der Waals surface area (Å²) in [7, 11) is 0. The molecule has 1 aromatic carbocycles. The fraction of sp³-hybridized carbons (Fsp3) is 0.500. The fourth-order valence-corrected chi connectivity index (χ4v) is 5.71. The quantitative estimate of drug-likeness (QED) is 0.194. The highest BCUT2D eigenvalue weighted by atomic mass is 35.5. The molecule has 5 rings (SSSR count). The Kier molecular flexibility index (Phi) is 10.8. The van der Waals surface area contributed by atoms with Crippen LogP contribution in [0.2, 0.25) is 5.02 Å². The summed E-state index contributed by atoms with van der Waals surface area (Å²) in [6, 6.07) is 7.66. The number of esters is 1. The maximum atomic E-state index is 14.6. The number of carbonyl (C=O) groups excluding carboxylic acids is 2. The van der Waals surface area contributed by atoms with Gasteiger partial charge < -0.3 is 30.1 Å². The zero-order chi connectivity index (χ0) is 32.8. The van der Waals surface area contributed by atoms with Gasteiger partial charge in [-0.2, -0.15) is 5.10 Å². The van der Waals surface area contributed by atoms with E-state index in [9.17, 15) is 14.0 Å². The highest BCUT2D eigenvalue weighted by molar-refractivity contribution is 6.30. The number of ether oxygens (including phenoxy) is 2. The molecule has 1 saturated carbocycles. The van der Waals surface area contributed by atoms with Crippen LogP contribution in [-0.4, -0.2) is 80.0 Å². The zero-order valence-electron chi connectivity index (χ0n) is 26.1. The molecule has 46 heavy (non-hydrogen) atoms. The second-order valence-electron chi connectivity index (χ2n) is 12.6. The molecule has 0 bridgehead atoms. The number of carbonyl (C=O) groups is 2. The molecule has 1 saturated heterocycles. The van der Waals surface area contributed by atoms with Crippen molar-refractivity contribution in [2.75, 3.05) is 36.9 Å². The minimum Gasteiger partial charge on any atom is -0.460 e. The number of aliphatic hydroxyl groups is 1. The minimum absolute atomic E-state index is 0.0321. The SMILES string of the molecule is CC(C)(C)OC(=O)C1CCN(C2CC(C(=O)Nc3cc(Nc4cc(-c5cc(Cl)ccc5F)nnc4COCCO)ncn3)C2)CC1. The van der Waals surface area contributed by atoms with E-state index in [4.69, 9.17) is 26.2 Å². The lowest BCUT2D eigenvalue weighted by atomic mass is 9.77. The van der Waals surface area contributed by atoms with Crippen LogP contribution in [0.15, 0.2) is 36.7 Å². The Morgan fingerprint density at radius 1 is 1.07 bits per heavy atom. The van der Waals surface area contributed by atoms with Gasteiger partial charge in [-0.3, -0.25) is 9.59 Å². The first-order valence-electron chi connectivity index (χ1n) is 15.4. The molecule has 3 aromatic rings. The summed E-state index contributed by atoms with van der Waals surface area (Å²) >= 11 is 6.08. The number of aromatic nitrogens is 4. The predicted molar refractivity (Wildman–Crippen MR) is 170 cm³/mol. The van der Waals surface area contributed by atoms with Gasteiger partial charge in [-0.25, -0.2) is 14.4 Å². The normalized spacial score (nSPS) is 18.9. The summed E-state index contributed by atoms with van der Waals surface area (Å²) in [6.07, 6.45) is 4.32. The lowest BCUT2D eigenvalue weighted by Crippen LogP contribution is -2.51. The summed E-state index contributed by atoms with van der Waals surface area (Å²) in [5.74, 6) is -0.291. The lowest BCUT2D eigenvalue weighted by Gasteiger charge is -2.44. The average molecular weight is 656 g/mol. The van der Waals surface area contributed by atoms with E-state index in [1.54, 1.807) is 12.1 Å². The Morgan fingerprint density at radius 3 is 2.52 bits per heavy atom. The molecule has 2 aliphatic rings. The van der Waals surface area contributed by atoms with E-state index in [0.29, 0.717) is 34.1 Å². The van der Waals surface area contributed by atoms with Crippen molar-refractivity contribution in [3.8, 4) is 11.3 Å². The molecule has 0 spiro atoms. The van der Waals surface area contributed by atoms with Crippen LogP contribution < -0.4 is 10.6 Å². The Hall–Kier alpha value is -3.78. The number of rotatable bonds is 11. The first-order chi connectivity index (χ1) is 22.0. The third kappa shape index (κ3) is 8.72. The van der Waals surface area contributed by atoms with Gasteiger partial charge in [0.05, 0.1) is 37.1 Å². The van der Waals surface area contributed by atoms with Crippen molar-refractivity contribution in [1.29, 1.82) is 0 Å². The Labute approximate surface area is 272 Å². The fourth-order valence-electron chi connectivity index (χ4n) is 5.54. The molecule has 14 heteroatoms. The lowest BCUT2D eigenvalue weighted by molar-refractivity contribution is -0.162. The van der Waals surface area contributed by atoms with Crippen LogP contribution in [0.25, 0.3) is 11.3 Å². The first-order valence-corrected chi connectivity index (χ1v) is 15.7. The van der Waals surface area contributed by atoms with Gasteiger partial charge in [0.25, 0.3) is 0 Å². The van der Waals surface area contributed by atoms with Crippen molar-refractivity contribution in [1.82, 2.24) is 25.1 Å². The van der Waals surface area contributed by atoms with E-state index in [1.165, 1.54) is 24.5 Å². The number of anilines is 3. The Morgan fingerprint density at radius 2 is 1.80 bits per heavy atom. The number of piperidine rings is 1. The molecule has 1 aliphatic carbocycles. The summed E-state index contributed by atoms with van der Waals surface area (Å²) in [5, 5.41) is 23.8. The van der Waals surface area contributed by atoms with Crippen LogP contribution in [-0.2, 0) is 25.7 Å². The van der Waals surface area contributed by atoms with Crippen LogP contribution in [0.1, 0.15) is 52.1 Å². The van der Waals surface area contributed by atoms with Crippen molar-refractivity contribution in [3.05, 3.63) is 53.2 Å². The number of hydrogen-bond acceptors (Lipinski definition) is 11. The number of aliphatic hydroxyl groups excluding tert-OH is 1. The van der Waals surface area contributed by atoms with Gasteiger partial charge in [-0.15, -0.1) is 5.10 Å². The van der Waals surface area contributed by atoms with Gasteiger partial charge in [0, 0.05) is 28.6 Å². The van der Waals surface area contributed by atoms with E-state index in [0.717, 1.165) is 38.8 Å². The number of benzene rings is 1. The highest BCUT2D eigenvalue weighted by Crippen LogP contribution is 2.36. The van der Waals surface area contributed by atoms with Crippen molar-refractivity contribution >= 4 is 40.8 Å². The number of amides is 1. The van der Waals surface area contributed by atoms with Gasteiger partial charge in [0.1, 0.15) is 35.1 Å². The van der Waals surface area contributed by atoms with E-state index < -0.39 is 11.4 Å². The molecule has 3 heterocycles. The van der Waals surface area contributed by atoms with Crippen molar-refractivity contribution < 1.29 is 28.6 Å². The summed E-state index contributed by atoms with van der Waals surface area (Å²) in [4.78, 5) is 36.3. The van der Waals surface area contributed by atoms with E-state index >= 15 is 0 Å². The molecule has 0 radical (unpaired) electrons. The van der Waals surface area contributed by atoms with Crippen LogP contribution in [0.4, 0.5) is 21.7 Å². The molecule has 0 unspecified atom stereocenters. The molecule has 3 N–H and O–H groups in total. The number of nitrogens with zero attached hydrogens (tertiary/aromatic N) is 5. The molecule has 12 nitrogen and oxygen atoms in total. The van der Waals surface area contributed by atoms with Gasteiger partial charge in [-0.1, -0.05) is 11.6 Å². The van der Waals surface area contributed by atoms with Gasteiger partial charge in [0.2, 0.25) is 5.91 Å². The maximum absolute atomic E-state index is 14.6. The third-order valence-corrected chi connectivity index (χ3v) is 8.24. The van der Waals surface area contributed by atoms with Crippen molar-refractivity contribution in [2.45, 2.75) is 64.7 Å². The highest BCUT2D eigenvalue weighted by Gasteiger charge is 2.40. The van der Waals surface area contributed by atoms with Gasteiger partial charge in [0.15, 0.2) is 0 Å². The smallest absolute Gasteiger partial charge is 0.309 e. The van der Waals surface area contributed by atoms with Crippen molar-refractivity contribution in [2.24, 2.45) is 11.8 Å². The topological polar surface area (TPSA) is 152 Å². The molecule has 0 atom stereocenters. The van der Waals surface area contributed by atoms with Gasteiger partial charge in [-0.05, 0) is 83.8 Å². The molecule has 246 valence electrons. The van der Waals surface area contributed by atoms with Crippen LogP contribution >= 0.6 is 11.6 Å². The second-order valence-corrected chi connectivity index (χ2v) is 13.0. The minimum atomic E-state index is -0.510. The molecular formula is C32H39ClFN7O5. The van der Waals surface area contributed by atoms with E-state index in [1.807, 2.05) is 20.8 Å². The summed E-state index contributed by atoms with van der Waals surface area (Å²) < 4.78 is 25.6. The predicted octanol–water partition coefficient (Wildman–Crippen LogP) is 4.75. The number of halogens is 2. The first kappa shape index (κ1) is 33.6. The van der Waals surface area contributed by atoms with E-state index in [2.05, 4.69) is 35.7 Å². The standard InChI is InChI=1S/C32H39ClFN7O5/c1-32(2,3)46-31(44)19-6-8-41(9-7-19)22-12-20(13-22)30(43)38-29-16-28(35-18-36-29)37-26-15-25(23-14-21(33)4-5-24(23)34)39-40-27(26)17-45-11-10-42/h4-5,14-16,18-20,22,42H,6-13,17H2,1-3H3,(H2,35,36,37,38,39,43). The second kappa shape index (κ2) is 14.8. The monoisotopic (exact) mass is 655 g/mol.